The molecule has 0 bridgehead atoms. The number of amides is 2. The molecule has 1 saturated carbocycles. The molecule has 0 spiro atoms. The van der Waals surface area contributed by atoms with Crippen LogP contribution in [0.15, 0.2) is 18.3 Å². The second-order valence-corrected chi connectivity index (χ2v) is 12.3. The maximum Gasteiger partial charge on any atom is 0.242 e. The normalized spacial score (nSPS) is 21.0. The Bertz CT molecular complexity index is 949. The molecule has 2 atom stereocenters. The molecule has 196 valence electrons. The van der Waals surface area contributed by atoms with Crippen LogP contribution < -0.4 is 10.6 Å². The van der Waals surface area contributed by atoms with Gasteiger partial charge in [-0.15, -0.1) is 0 Å². The van der Waals surface area contributed by atoms with Crippen LogP contribution in [-0.4, -0.2) is 53.9 Å². The molecule has 3 rings (SSSR count). The van der Waals surface area contributed by atoms with Crippen molar-refractivity contribution >= 4 is 21.8 Å². The van der Waals surface area contributed by atoms with Gasteiger partial charge in [-0.05, 0) is 55.6 Å². The van der Waals surface area contributed by atoms with Crippen molar-refractivity contribution in [3.8, 4) is 0 Å². The third-order valence-corrected chi connectivity index (χ3v) is 8.92. The third-order valence-electron chi connectivity index (χ3n) is 6.88. The number of pyridine rings is 1. The summed E-state index contributed by atoms with van der Waals surface area (Å²) in [5, 5.41) is 5.62. The van der Waals surface area contributed by atoms with Crippen LogP contribution in [0, 0.1) is 17.8 Å². The van der Waals surface area contributed by atoms with Crippen molar-refractivity contribution < 1.29 is 22.4 Å². The summed E-state index contributed by atoms with van der Waals surface area (Å²) in [6, 6.07) is 1.18. The van der Waals surface area contributed by atoms with Gasteiger partial charge in [0.2, 0.25) is 27.8 Å². The fourth-order valence-electron chi connectivity index (χ4n) is 5.04. The van der Waals surface area contributed by atoms with Crippen molar-refractivity contribution in [3.63, 3.8) is 0 Å². The van der Waals surface area contributed by atoms with Crippen LogP contribution in [0.2, 0.25) is 0 Å². The molecule has 1 aromatic heterocycles. The van der Waals surface area contributed by atoms with Crippen LogP contribution in [0.3, 0.4) is 0 Å². The molecule has 2 heterocycles. The molecule has 2 amide bonds. The van der Waals surface area contributed by atoms with E-state index in [9.17, 15) is 22.4 Å². The molecule has 10 heteroatoms. The molecule has 0 unspecified atom stereocenters. The Morgan fingerprint density at radius 3 is 2.49 bits per heavy atom. The second kappa shape index (κ2) is 12.8. The molecule has 1 aliphatic carbocycles. The summed E-state index contributed by atoms with van der Waals surface area (Å²) in [4.78, 5) is 29.8. The predicted molar refractivity (Wildman–Crippen MR) is 132 cm³/mol. The number of carbonyl (C=O) groups is 2. The van der Waals surface area contributed by atoms with Gasteiger partial charge in [-0.1, -0.05) is 45.6 Å². The first kappa shape index (κ1) is 27.5. The minimum Gasteiger partial charge on any atom is -0.350 e. The number of aromatic nitrogens is 1. The van der Waals surface area contributed by atoms with E-state index in [1.807, 2.05) is 13.8 Å². The highest BCUT2D eigenvalue weighted by molar-refractivity contribution is 7.89. The molecular formula is C25H39FN4O4S. The maximum atomic E-state index is 13.3. The van der Waals surface area contributed by atoms with Crippen LogP contribution in [-0.2, 0) is 26.2 Å². The average molecular weight is 511 g/mol. The molecule has 1 aromatic rings. The van der Waals surface area contributed by atoms with Gasteiger partial charge >= 0.3 is 0 Å². The number of nitrogens with one attached hydrogen (secondary N) is 2. The predicted octanol–water partition coefficient (Wildman–Crippen LogP) is 3.13. The summed E-state index contributed by atoms with van der Waals surface area (Å²) in [7, 11) is -3.57. The van der Waals surface area contributed by atoms with E-state index < -0.39 is 34.0 Å². The van der Waals surface area contributed by atoms with Crippen LogP contribution in [0.25, 0.3) is 0 Å². The Kier molecular flexibility index (Phi) is 10.0. The fraction of sp³-hybridized carbons (Fsp3) is 0.720. The zero-order chi connectivity index (χ0) is 25.4. The van der Waals surface area contributed by atoms with Crippen molar-refractivity contribution in [1.82, 2.24) is 19.9 Å². The first-order valence-corrected chi connectivity index (χ1v) is 14.4. The van der Waals surface area contributed by atoms with Gasteiger partial charge in [0.25, 0.3) is 0 Å². The number of hydrogen-bond donors (Lipinski definition) is 2. The molecule has 35 heavy (non-hydrogen) atoms. The molecule has 1 saturated heterocycles. The van der Waals surface area contributed by atoms with Crippen LogP contribution in [0.5, 0.6) is 0 Å². The van der Waals surface area contributed by atoms with E-state index in [-0.39, 0.29) is 30.0 Å². The van der Waals surface area contributed by atoms with E-state index >= 15 is 0 Å². The Hall–Kier alpha value is -2.07. The Balaban J connectivity index is 1.65. The molecule has 2 fully saturated rings. The smallest absolute Gasteiger partial charge is 0.242 e. The first-order valence-electron chi connectivity index (χ1n) is 12.8. The lowest BCUT2D eigenvalue weighted by molar-refractivity contribution is -0.132. The molecule has 0 radical (unpaired) electrons. The number of hydrogen-bond acceptors (Lipinski definition) is 5. The quantitative estimate of drug-likeness (QED) is 0.470. The fourth-order valence-corrected chi connectivity index (χ4v) is 7.16. The highest BCUT2D eigenvalue weighted by Gasteiger charge is 2.39. The summed E-state index contributed by atoms with van der Waals surface area (Å²) < 4.78 is 41.0. The topological polar surface area (TPSA) is 108 Å². The summed E-state index contributed by atoms with van der Waals surface area (Å²) in [6.07, 6.45) is 8.84. The van der Waals surface area contributed by atoms with E-state index in [1.54, 1.807) is 0 Å². The summed E-state index contributed by atoms with van der Waals surface area (Å²) in [6.45, 7) is 4.41. The van der Waals surface area contributed by atoms with Crippen molar-refractivity contribution in [1.29, 1.82) is 0 Å². The molecule has 0 aromatic carbocycles. The minimum absolute atomic E-state index is 0.0956. The van der Waals surface area contributed by atoms with E-state index in [0.717, 1.165) is 44.9 Å². The number of nitrogens with zero attached hydrogens (tertiary/aromatic N) is 2. The number of halogens is 1. The third kappa shape index (κ3) is 8.24. The van der Waals surface area contributed by atoms with Gasteiger partial charge in [-0.2, -0.15) is 8.70 Å². The standard InChI is InChI=1S/C25H39FN4O4S/c1-18(2)14-21(24(31)28-16-20-11-12-23(26)27-15-20)29-25(32)22-10-6-7-13-30(22)35(33,34)17-19-8-4-3-5-9-19/h11-12,15,18-19,21-22H,3-10,13-14,16-17H2,1-2H3,(H,28,31)(H,29,32)/t21-,22-/m0/s1. The van der Waals surface area contributed by atoms with E-state index in [0.29, 0.717) is 24.9 Å². The van der Waals surface area contributed by atoms with Crippen molar-refractivity contribution in [2.45, 2.75) is 90.3 Å². The Morgan fingerprint density at radius 1 is 1.11 bits per heavy atom. The summed E-state index contributed by atoms with van der Waals surface area (Å²) >= 11 is 0. The van der Waals surface area contributed by atoms with Gasteiger partial charge in [-0.25, -0.2) is 13.4 Å². The van der Waals surface area contributed by atoms with E-state index in [2.05, 4.69) is 15.6 Å². The van der Waals surface area contributed by atoms with Crippen LogP contribution in [0.4, 0.5) is 4.39 Å². The van der Waals surface area contributed by atoms with Gasteiger partial charge < -0.3 is 10.6 Å². The number of rotatable bonds is 10. The Labute approximate surface area is 208 Å². The number of sulfonamides is 1. The molecule has 2 N–H and O–H groups in total. The average Bonchev–Trinajstić information content (AvgIpc) is 2.83. The van der Waals surface area contributed by atoms with Crippen molar-refractivity contribution in [2.24, 2.45) is 11.8 Å². The minimum atomic E-state index is -3.57. The highest BCUT2D eigenvalue weighted by Crippen LogP contribution is 2.28. The zero-order valence-corrected chi connectivity index (χ0v) is 21.7. The first-order chi connectivity index (χ1) is 16.7. The highest BCUT2D eigenvalue weighted by atomic mass is 32.2. The van der Waals surface area contributed by atoms with Gasteiger partial charge in [0.15, 0.2) is 0 Å². The lowest BCUT2D eigenvalue weighted by Gasteiger charge is -2.36. The van der Waals surface area contributed by atoms with Crippen LogP contribution in [0.1, 0.15) is 77.2 Å². The molecular weight excluding hydrogens is 471 g/mol. The Morgan fingerprint density at radius 2 is 1.83 bits per heavy atom. The summed E-state index contributed by atoms with van der Waals surface area (Å²) in [5.41, 5.74) is 0.640. The van der Waals surface area contributed by atoms with Gasteiger partial charge in [0, 0.05) is 19.3 Å². The van der Waals surface area contributed by atoms with Gasteiger partial charge in [0.1, 0.15) is 12.1 Å². The maximum absolute atomic E-state index is 13.3. The number of carbonyl (C=O) groups excluding carboxylic acids is 2. The van der Waals surface area contributed by atoms with Crippen molar-refractivity contribution in [3.05, 3.63) is 29.8 Å². The lowest BCUT2D eigenvalue weighted by Crippen LogP contribution is -2.57. The summed E-state index contributed by atoms with van der Waals surface area (Å²) in [5.74, 6) is -0.986. The largest absolute Gasteiger partial charge is 0.350 e. The van der Waals surface area contributed by atoms with Gasteiger partial charge in [-0.3, -0.25) is 9.59 Å². The second-order valence-electron chi connectivity index (χ2n) is 10.3. The lowest BCUT2D eigenvalue weighted by atomic mass is 9.91. The SMILES string of the molecule is CC(C)C[C@H](NC(=O)[C@@H]1CCCCN1S(=O)(=O)CC1CCCCC1)C(=O)NCc1ccc(F)nc1. The molecule has 2 aliphatic rings. The van der Waals surface area contributed by atoms with E-state index in [1.165, 1.54) is 22.6 Å². The zero-order valence-electron chi connectivity index (χ0n) is 20.8. The molecule has 8 nitrogen and oxygen atoms in total. The molecule has 1 aliphatic heterocycles. The monoisotopic (exact) mass is 510 g/mol. The van der Waals surface area contributed by atoms with Crippen molar-refractivity contribution in [2.75, 3.05) is 12.3 Å². The van der Waals surface area contributed by atoms with Crippen LogP contribution >= 0.6 is 0 Å². The van der Waals surface area contributed by atoms with E-state index in [4.69, 9.17) is 0 Å². The number of piperidine rings is 1. The van der Waals surface area contributed by atoms with Gasteiger partial charge in [0.05, 0.1) is 5.75 Å².